The van der Waals surface area contributed by atoms with E-state index in [1.165, 1.54) is 0 Å². The molecule has 2 aromatic rings. The van der Waals surface area contributed by atoms with Gasteiger partial charge in [-0.05, 0) is 56.2 Å². The van der Waals surface area contributed by atoms with Crippen molar-refractivity contribution in [3.8, 4) is 0 Å². The first-order valence-corrected chi connectivity index (χ1v) is 9.45. The number of aryl methyl sites for hydroxylation is 1. The number of aromatic nitrogens is 3. The van der Waals surface area contributed by atoms with Gasteiger partial charge in [-0.15, -0.1) is 0 Å². The number of hydrogen-bond acceptors (Lipinski definition) is 5. The standard InChI is InChI=1S/C20H25N5O/c1-15-18(4-2-8-21-15)19(26)25-13-7-17(14-25)16-5-11-24(12-6-16)20-22-9-3-10-23-20/h2-4,8-10,16-17H,5-7,11-14H2,1H3. The van der Waals surface area contributed by atoms with Crippen LogP contribution in [0.25, 0.3) is 0 Å². The summed E-state index contributed by atoms with van der Waals surface area (Å²) < 4.78 is 0. The first kappa shape index (κ1) is 16.9. The SMILES string of the molecule is Cc1ncccc1C(=O)N1CCC(C2CCN(c3ncccn3)CC2)C1. The highest BCUT2D eigenvalue weighted by molar-refractivity contribution is 5.95. The van der Waals surface area contributed by atoms with Gasteiger partial charge in [-0.2, -0.15) is 0 Å². The van der Waals surface area contributed by atoms with Crippen molar-refractivity contribution in [2.45, 2.75) is 26.2 Å². The molecule has 0 spiro atoms. The summed E-state index contributed by atoms with van der Waals surface area (Å²) in [4.78, 5) is 30.0. The van der Waals surface area contributed by atoms with Crippen LogP contribution >= 0.6 is 0 Å². The Morgan fingerprint density at radius 3 is 2.38 bits per heavy atom. The first-order chi connectivity index (χ1) is 12.7. The molecule has 2 saturated heterocycles. The van der Waals surface area contributed by atoms with E-state index >= 15 is 0 Å². The third-order valence-electron chi connectivity index (χ3n) is 5.79. The van der Waals surface area contributed by atoms with E-state index in [1.54, 1.807) is 18.6 Å². The van der Waals surface area contributed by atoms with Crippen molar-refractivity contribution >= 4 is 11.9 Å². The minimum atomic E-state index is 0.133. The summed E-state index contributed by atoms with van der Waals surface area (Å²) in [5.41, 5.74) is 1.56. The average molecular weight is 351 g/mol. The van der Waals surface area contributed by atoms with Gasteiger partial charge in [0.15, 0.2) is 0 Å². The molecule has 1 atom stereocenters. The first-order valence-electron chi connectivity index (χ1n) is 9.45. The minimum Gasteiger partial charge on any atom is -0.341 e. The molecule has 6 heteroatoms. The van der Waals surface area contributed by atoms with Gasteiger partial charge in [0, 0.05) is 50.5 Å². The van der Waals surface area contributed by atoms with E-state index in [0.29, 0.717) is 11.8 Å². The predicted octanol–water partition coefficient (Wildman–Crippen LogP) is 2.56. The Labute approximate surface area is 154 Å². The number of anilines is 1. The summed E-state index contributed by atoms with van der Waals surface area (Å²) in [6, 6.07) is 5.58. The lowest BCUT2D eigenvalue weighted by atomic mass is 9.84. The van der Waals surface area contributed by atoms with Gasteiger partial charge in [-0.1, -0.05) is 0 Å². The third kappa shape index (κ3) is 3.41. The summed E-state index contributed by atoms with van der Waals surface area (Å²) in [6.45, 7) is 5.64. The van der Waals surface area contributed by atoms with Crippen molar-refractivity contribution in [3.05, 3.63) is 48.0 Å². The molecule has 136 valence electrons. The van der Waals surface area contributed by atoms with Gasteiger partial charge in [-0.3, -0.25) is 9.78 Å². The fraction of sp³-hybridized carbons (Fsp3) is 0.500. The summed E-state index contributed by atoms with van der Waals surface area (Å²) >= 11 is 0. The number of likely N-dealkylation sites (tertiary alicyclic amines) is 1. The van der Waals surface area contributed by atoms with Crippen LogP contribution < -0.4 is 4.90 Å². The third-order valence-corrected chi connectivity index (χ3v) is 5.79. The number of hydrogen-bond donors (Lipinski definition) is 0. The molecular weight excluding hydrogens is 326 g/mol. The van der Waals surface area contributed by atoms with Crippen molar-refractivity contribution in [3.63, 3.8) is 0 Å². The number of pyridine rings is 1. The van der Waals surface area contributed by atoms with E-state index < -0.39 is 0 Å². The summed E-state index contributed by atoms with van der Waals surface area (Å²) in [5, 5.41) is 0. The molecule has 2 aliphatic heterocycles. The van der Waals surface area contributed by atoms with Crippen LogP contribution in [0, 0.1) is 18.8 Å². The Kier molecular flexibility index (Phi) is 4.82. The maximum Gasteiger partial charge on any atom is 0.255 e. The Morgan fingerprint density at radius 2 is 1.65 bits per heavy atom. The van der Waals surface area contributed by atoms with E-state index in [-0.39, 0.29) is 5.91 Å². The number of piperidine rings is 1. The van der Waals surface area contributed by atoms with Crippen LogP contribution in [0.1, 0.15) is 35.3 Å². The fourth-order valence-electron chi connectivity index (χ4n) is 4.26. The fourth-order valence-corrected chi connectivity index (χ4v) is 4.26. The molecule has 0 aromatic carbocycles. The van der Waals surface area contributed by atoms with Crippen molar-refractivity contribution in [1.82, 2.24) is 19.9 Å². The van der Waals surface area contributed by atoms with Gasteiger partial charge < -0.3 is 9.80 Å². The van der Waals surface area contributed by atoms with Crippen molar-refractivity contribution in [2.24, 2.45) is 11.8 Å². The van der Waals surface area contributed by atoms with Crippen molar-refractivity contribution in [2.75, 3.05) is 31.1 Å². The highest BCUT2D eigenvalue weighted by Gasteiger charge is 2.34. The van der Waals surface area contributed by atoms with Crippen LogP contribution in [0.15, 0.2) is 36.8 Å². The zero-order valence-corrected chi connectivity index (χ0v) is 15.2. The molecule has 4 heterocycles. The van der Waals surface area contributed by atoms with Crippen LogP contribution in [0.4, 0.5) is 5.95 Å². The lowest BCUT2D eigenvalue weighted by molar-refractivity contribution is 0.0779. The Hall–Kier alpha value is -2.50. The molecule has 4 rings (SSSR count). The van der Waals surface area contributed by atoms with Crippen LogP contribution in [0.3, 0.4) is 0 Å². The van der Waals surface area contributed by atoms with E-state index in [4.69, 9.17) is 0 Å². The monoisotopic (exact) mass is 351 g/mol. The Bertz CT molecular complexity index is 758. The van der Waals surface area contributed by atoms with Gasteiger partial charge in [0.25, 0.3) is 5.91 Å². The maximum absolute atomic E-state index is 12.8. The number of amides is 1. The largest absolute Gasteiger partial charge is 0.341 e. The second kappa shape index (κ2) is 7.40. The van der Waals surface area contributed by atoms with Gasteiger partial charge in [-0.25, -0.2) is 9.97 Å². The number of rotatable bonds is 3. The zero-order chi connectivity index (χ0) is 17.9. The van der Waals surface area contributed by atoms with Crippen LogP contribution in [-0.4, -0.2) is 51.9 Å². The molecular formula is C20H25N5O. The zero-order valence-electron chi connectivity index (χ0n) is 15.2. The quantitative estimate of drug-likeness (QED) is 0.850. The molecule has 2 aliphatic rings. The van der Waals surface area contributed by atoms with E-state index in [9.17, 15) is 4.79 Å². The summed E-state index contributed by atoms with van der Waals surface area (Å²) in [6.07, 6.45) is 8.75. The van der Waals surface area contributed by atoms with Crippen LogP contribution in [-0.2, 0) is 0 Å². The molecule has 0 saturated carbocycles. The predicted molar refractivity (Wildman–Crippen MR) is 100.0 cm³/mol. The molecule has 0 N–H and O–H groups in total. The summed E-state index contributed by atoms with van der Waals surface area (Å²) in [5.74, 6) is 2.26. The van der Waals surface area contributed by atoms with E-state index in [2.05, 4.69) is 19.9 Å². The maximum atomic E-state index is 12.8. The number of carbonyl (C=O) groups excluding carboxylic acids is 1. The van der Waals surface area contributed by atoms with Gasteiger partial charge in [0.05, 0.1) is 5.56 Å². The molecule has 26 heavy (non-hydrogen) atoms. The molecule has 2 aromatic heterocycles. The number of nitrogens with zero attached hydrogens (tertiary/aromatic N) is 5. The second-order valence-corrected chi connectivity index (χ2v) is 7.31. The smallest absolute Gasteiger partial charge is 0.255 e. The molecule has 1 unspecified atom stereocenters. The van der Waals surface area contributed by atoms with E-state index in [1.807, 2.05) is 30.0 Å². The topological polar surface area (TPSA) is 62.2 Å². The number of carbonyl (C=O) groups is 1. The molecule has 0 bridgehead atoms. The lowest BCUT2D eigenvalue weighted by Gasteiger charge is -2.34. The molecule has 1 amide bonds. The van der Waals surface area contributed by atoms with E-state index in [0.717, 1.165) is 62.6 Å². The molecule has 6 nitrogen and oxygen atoms in total. The second-order valence-electron chi connectivity index (χ2n) is 7.31. The molecule has 0 radical (unpaired) electrons. The lowest BCUT2D eigenvalue weighted by Crippen LogP contribution is -2.38. The molecule has 2 fully saturated rings. The van der Waals surface area contributed by atoms with Crippen LogP contribution in [0.2, 0.25) is 0 Å². The van der Waals surface area contributed by atoms with Crippen LogP contribution in [0.5, 0.6) is 0 Å². The molecule has 0 aliphatic carbocycles. The van der Waals surface area contributed by atoms with Crippen molar-refractivity contribution in [1.29, 1.82) is 0 Å². The Balaban J connectivity index is 1.34. The van der Waals surface area contributed by atoms with Gasteiger partial charge >= 0.3 is 0 Å². The van der Waals surface area contributed by atoms with Gasteiger partial charge in [0.1, 0.15) is 0 Å². The van der Waals surface area contributed by atoms with Gasteiger partial charge in [0.2, 0.25) is 5.95 Å². The highest BCUT2D eigenvalue weighted by Crippen LogP contribution is 2.33. The normalized spacial score (nSPS) is 21.2. The average Bonchev–Trinajstić information content (AvgIpc) is 3.19. The summed E-state index contributed by atoms with van der Waals surface area (Å²) in [7, 11) is 0. The highest BCUT2D eigenvalue weighted by atomic mass is 16.2. The van der Waals surface area contributed by atoms with Crippen molar-refractivity contribution < 1.29 is 4.79 Å². The Morgan fingerprint density at radius 1 is 0.962 bits per heavy atom. The minimum absolute atomic E-state index is 0.133.